The zero-order chi connectivity index (χ0) is 16.7. The van der Waals surface area contributed by atoms with Crippen molar-refractivity contribution in [2.24, 2.45) is 11.8 Å². The summed E-state index contributed by atoms with van der Waals surface area (Å²) >= 11 is 0. The second kappa shape index (κ2) is 5.93. The highest BCUT2D eigenvalue weighted by Crippen LogP contribution is 2.50. The number of aliphatic carboxylic acids is 1. The molecule has 1 N–H and O–H groups in total. The third-order valence-electron chi connectivity index (χ3n) is 5.41. The molecular weight excluding hydrogens is 302 g/mol. The minimum absolute atomic E-state index is 0.0170. The van der Waals surface area contributed by atoms with Gasteiger partial charge in [-0.25, -0.2) is 0 Å². The Balaban J connectivity index is 1.51. The van der Waals surface area contributed by atoms with Crippen molar-refractivity contribution in [3.8, 4) is 0 Å². The van der Waals surface area contributed by atoms with Crippen LogP contribution in [-0.2, 0) is 9.59 Å². The van der Waals surface area contributed by atoms with Crippen LogP contribution in [0.25, 0.3) is 10.8 Å². The van der Waals surface area contributed by atoms with Crippen molar-refractivity contribution in [3.63, 3.8) is 0 Å². The van der Waals surface area contributed by atoms with Crippen LogP contribution in [0.2, 0.25) is 0 Å². The predicted molar refractivity (Wildman–Crippen MR) is 91.7 cm³/mol. The van der Waals surface area contributed by atoms with Crippen molar-refractivity contribution in [2.45, 2.75) is 25.2 Å². The van der Waals surface area contributed by atoms with Crippen LogP contribution in [-0.4, -0.2) is 35.0 Å². The van der Waals surface area contributed by atoms with Crippen molar-refractivity contribution in [2.75, 3.05) is 13.1 Å². The molecule has 4 rings (SSSR count). The van der Waals surface area contributed by atoms with E-state index >= 15 is 0 Å². The minimum Gasteiger partial charge on any atom is -0.481 e. The van der Waals surface area contributed by atoms with Crippen LogP contribution in [0.15, 0.2) is 42.5 Å². The number of piperidine rings is 1. The molecule has 1 saturated heterocycles. The number of carboxylic acids is 1. The summed E-state index contributed by atoms with van der Waals surface area (Å²) in [6.07, 6.45) is 2.34. The van der Waals surface area contributed by atoms with Gasteiger partial charge in [-0.2, -0.15) is 0 Å². The van der Waals surface area contributed by atoms with Crippen molar-refractivity contribution in [1.29, 1.82) is 0 Å². The molecule has 2 fully saturated rings. The number of hydrogen-bond acceptors (Lipinski definition) is 2. The molecule has 1 heterocycles. The number of benzene rings is 2. The van der Waals surface area contributed by atoms with Crippen LogP contribution >= 0.6 is 0 Å². The Bertz CT molecular complexity index is 795. The van der Waals surface area contributed by atoms with E-state index in [4.69, 9.17) is 0 Å². The number of likely N-dealkylation sites (tertiary alicyclic amines) is 1. The van der Waals surface area contributed by atoms with E-state index in [1.54, 1.807) is 4.90 Å². The molecule has 1 aliphatic carbocycles. The van der Waals surface area contributed by atoms with E-state index in [1.165, 1.54) is 16.3 Å². The van der Waals surface area contributed by atoms with Gasteiger partial charge < -0.3 is 10.0 Å². The highest BCUT2D eigenvalue weighted by Gasteiger charge is 2.47. The number of rotatable bonds is 3. The van der Waals surface area contributed by atoms with Crippen molar-refractivity contribution in [1.82, 2.24) is 4.90 Å². The zero-order valence-corrected chi connectivity index (χ0v) is 13.5. The molecule has 4 nitrogen and oxygen atoms in total. The maximum atomic E-state index is 12.8. The third kappa shape index (κ3) is 2.66. The lowest BCUT2D eigenvalue weighted by Gasteiger charge is -2.31. The van der Waals surface area contributed by atoms with E-state index < -0.39 is 11.9 Å². The number of fused-ring (bicyclic) bond motifs is 1. The molecule has 2 aliphatic rings. The lowest BCUT2D eigenvalue weighted by Crippen LogP contribution is -2.43. The number of amides is 1. The van der Waals surface area contributed by atoms with Gasteiger partial charge in [-0.05, 0) is 41.5 Å². The summed E-state index contributed by atoms with van der Waals surface area (Å²) in [6, 6.07) is 14.6. The van der Waals surface area contributed by atoms with Crippen molar-refractivity contribution >= 4 is 22.6 Å². The Labute approximate surface area is 141 Å². The van der Waals surface area contributed by atoms with Gasteiger partial charge in [0.15, 0.2) is 0 Å². The van der Waals surface area contributed by atoms with E-state index in [0.717, 1.165) is 12.8 Å². The first-order chi connectivity index (χ1) is 11.6. The van der Waals surface area contributed by atoms with E-state index in [-0.39, 0.29) is 17.7 Å². The van der Waals surface area contributed by atoms with Gasteiger partial charge in [0.05, 0.1) is 5.92 Å². The lowest BCUT2D eigenvalue weighted by molar-refractivity contribution is -0.146. The van der Waals surface area contributed by atoms with Crippen LogP contribution < -0.4 is 0 Å². The number of nitrogens with zero attached hydrogens (tertiary/aromatic N) is 1. The average Bonchev–Trinajstić information content (AvgIpc) is 3.41. The largest absolute Gasteiger partial charge is 0.481 e. The Hall–Kier alpha value is -2.36. The van der Waals surface area contributed by atoms with Gasteiger partial charge in [0.2, 0.25) is 5.91 Å². The highest BCUT2D eigenvalue weighted by molar-refractivity contribution is 5.89. The van der Waals surface area contributed by atoms with Gasteiger partial charge in [-0.15, -0.1) is 0 Å². The van der Waals surface area contributed by atoms with Gasteiger partial charge in [0, 0.05) is 19.0 Å². The molecule has 1 saturated carbocycles. The number of carbonyl (C=O) groups excluding carboxylic acids is 1. The fraction of sp³-hybridized carbons (Fsp3) is 0.400. The van der Waals surface area contributed by atoms with E-state index in [9.17, 15) is 14.7 Å². The second-order valence-electron chi connectivity index (χ2n) is 6.98. The second-order valence-corrected chi connectivity index (χ2v) is 6.98. The van der Waals surface area contributed by atoms with Crippen molar-refractivity contribution in [3.05, 3.63) is 48.0 Å². The number of hydrogen-bond donors (Lipinski definition) is 1. The highest BCUT2D eigenvalue weighted by atomic mass is 16.4. The van der Waals surface area contributed by atoms with Crippen LogP contribution in [0.3, 0.4) is 0 Å². The maximum absolute atomic E-state index is 12.8. The molecule has 0 radical (unpaired) electrons. The standard InChI is InChI=1S/C20H21NO3/c22-19(21-10-4-7-14(12-21)20(23)24)18-11-17(18)16-9-3-6-13-5-1-2-8-15(13)16/h1-3,5-6,8-9,14,17-18H,4,7,10-12H2,(H,23,24)/t14-,17?,18?/m0/s1. The molecule has 1 amide bonds. The molecule has 4 heteroatoms. The summed E-state index contributed by atoms with van der Waals surface area (Å²) in [7, 11) is 0. The molecule has 0 bridgehead atoms. The van der Waals surface area contributed by atoms with E-state index in [2.05, 4.69) is 30.3 Å². The predicted octanol–water partition coefficient (Wildman–Crippen LogP) is 3.27. The SMILES string of the molecule is O=C(O)[C@H]1CCCN(C(=O)C2CC2c2cccc3ccccc23)C1. The zero-order valence-electron chi connectivity index (χ0n) is 13.5. The summed E-state index contributed by atoms with van der Waals surface area (Å²) < 4.78 is 0. The molecule has 0 spiro atoms. The van der Waals surface area contributed by atoms with Crippen LogP contribution in [0.4, 0.5) is 0 Å². The molecule has 2 aromatic carbocycles. The molecule has 0 aromatic heterocycles. The normalized spacial score (nSPS) is 26.3. The molecular formula is C20H21NO3. The van der Waals surface area contributed by atoms with Gasteiger partial charge >= 0.3 is 5.97 Å². The third-order valence-corrected chi connectivity index (χ3v) is 5.41. The van der Waals surface area contributed by atoms with Crippen LogP contribution in [0, 0.1) is 11.8 Å². The summed E-state index contributed by atoms with van der Waals surface area (Å²) in [4.78, 5) is 25.8. The van der Waals surface area contributed by atoms with Gasteiger partial charge in [0.25, 0.3) is 0 Å². The lowest BCUT2D eigenvalue weighted by atomic mass is 9.97. The van der Waals surface area contributed by atoms with Gasteiger partial charge in [-0.3, -0.25) is 9.59 Å². The first-order valence-corrected chi connectivity index (χ1v) is 8.64. The van der Waals surface area contributed by atoms with Crippen molar-refractivity contribution < 1.29 is 14.7 Å². The molecule has 2 aromatic rings. The Morgan fingerprint density at radius 1 is 1.08 bits per heavy atom. The smallest absolute Gasteiger partial charge is 0.308 e. The molecule has 24 heavy (non-hydrogen) atoms. The Kier molecular flexibility index (Phi) is 3.75. The first kappa shape index (κ1) is 15.2. The minimum atomic E-state index is -0.783. The van der Waals surface area contributed by atoms with Gasteiger partial charge in [-0.1, -0.05) is 42.5 Å². The molecule has 2 unspecified atom stereocenters. The summed E-state index contributed by atoms with van der Waals surface area (Å²) in [5.41, 5.74) is 1.25. The topological polar surface area (TPSA) is 57.6 Å². The fourth-order valence-corrected chi connectivity index (χ4v) is 4.00. The fourth-order valence-electron chi connectivity index (χ4n) is 4.00. The molecule has 1 aliphatic heterocycles. The number of carbonyl (C=O) groups is 2. The summed E-state index contributed by atoms with van der Waals surface area (Å²) in [6.45, 7) is 1.06. The Morgan fingerprint density at radius 3 is 2.71 bits per heavy atom. The molecule has 3 atom stereocenters. The van der Waals surface area contributed by atoms with Gasteiger partial charge in [0.1, 0.15) is 0 Å². The van der Waals surface area contributed by atoms with E-state index in [0.29, 0.717) is 19.5 Å². The summed E-state index contributed by atoms with van der Waals surface area (Å²) in [5, 5.41) is 11.6. The number of carboxylic acid groups (broad SMARTS) is 1. The summed E-state index contributed by atoms with van der Waals surface area (Å²) in [5.74, 6) is -0.762. The van der Waals surface area contributed by atoms with Crippen LogP contribution in [0.1, 0.15) is 30.7 Å². The van der Waals surface area contributed by atoms with E-state index in [1.807, 2.05) is 12.1 Å². The quantitative estimate of drug-likeness (QED) is 0.943. The van der Waals surface area contributed by atoms with Crippen LogP contribution in [0.5, 0.6) is 0 Å². The molecule has 124 valence electrons. The maximum Gasteiger partial charge on any atom is 0.308 e. The Morgan fingerprint density at radius 2 is 1.88 bits per heavy atom. The monoisotopic (exact) mass is 323 g/mol. The average molecular weight is 323 g/mol. The first-order valence-electron chi connectivity index (χ1n) is 8.64.